The summed E-state index contributed by atoms with van der Waals surface area (Å²) < 4.78 is 4.86. The number of nitrogen functional groups attached to an aromatic ring is 1. The predicted octanol–water partition coefficient (Wildman–Crippen LogP) is -1.35. The Kier molecular flexibility index (Phi) is 6.31. The zero-order valence-electron chi connectivity index (χ0n) is 15.9. The number of thiophene rings is 1. The average molecular weight is 453 g/mol. The summed E-state index contributed by atoms with van der Waals surface area (Å²) in [5.41, 5.74) is 5.96. The van der Waals surface area contributed by atoms with Crippen molar-refractivity contribution in [2.24, 2.45) is 5.16 Å². The quantitative estimate of drug-likeness (QED) is 0.220. The number of oxime groups is 1. The molecule has 2 aliphatic rings. The Bertz CT molecular complexity index is 971. The summed E-state index contributed by atoms with van der Waals surface area (Å²) >= 11 is 2.45. The molecule has 160 valence electrons. The fourth-order valence-corrected chi connectivity index (χ4v) is 4.94. The Morgan fingerprint density at radius 2 is 2.17 bits per heavy atom. The molecule has 1 fully saturated rings. The number of hydrogen-bond donors (Lipinski definition) is 2. The van der Waals surface area contributed by atoms with Crippen LogP contribution in [0.15, 0.2) is 27.9 Å². The first-order valence-electron chi connectivity index (χ1n) is 8.52. The van der Waals surface area contributed by atoms with E-state index in [1.165, 1.54) is 37.1 Å². The van der Waals surface area contributed by atoms with Gasteiger partial charge in [-0.15, -0.1) is 23.1 Å². The van der Waals surface area contributed by atoms with Crippen molar-refractivity contribution in [3.8, 4) is 0 Å². The highest BCUT2D eigenvalue weighted by Crippen LogP contribution is 2.40. The van der Waals surface area contributed by atoms with Gasteiger partial charge in [-0.2, -0.15) is 0 Å². The van der Waals surface area contributed by atoms with Gasteiger partial charge in [0.05, 0.1) is 16.7 Å². The van der Waals surface area contributed by atoms with Crippen LogP contribution in [0, 0.1) is 0 Å². The van der Waals surface area contributed by atoms with Crippen molar-refractivity contribution in [3.05, 3.63) is 28.3 Å². The minimum absolute atomic E-state index is 0.0660. The fourth-order valence-electron chi connectivity index (χ4n) is 2.97. The number of nitrogens with two attached hydrogens (primary N) is 1. The number of aliphatic carboxylic acids is 1. The Labute approximate surface area is 178 Å². The van der Waals surface area contributed by atoms with Crippen LogP contribution >= 0.6 is 23.1 Å². The Hall–Kier alpha value is -3.06. The fraction of sp³-hybridized carbons (Fsp3) is 0.353. The highest BCUT2D eigenvalue weighted by Gasteiger charge is 2.53. The average Bonchev–Trinajstić information content (AvgIpc) is 3.13. The highest BCUT2D eigenvalue weighted by molar-refractivity contribution is 8.00. The van der Waals surface area contributed by atoms with E-state index in [-0.39, 0.29) is 29.3 Å². The molecule has 13 heteroatoms. The molecule has 0 radical (unpaired) electrons. The lowest BCUT2D eigenvalue weighted by molar-refractivity contribution is -0.301. The highest BCUT2D eigenvalue weighted by atomic mass is 32.2. The number of carbonyl (C=O) groups is 4. The zero-order valence-corrected chi connectivity index (χ0v) is 17.5. The van der Waals surface area contributed by atoms with Gasteiger partial charge in [0.2, 0.25) is 0 Å². The third-order valence-corrected chi connectivity index (χ3v) is 6.37. The first-order valence-corrected chi connectivity index (χ1v) is 10.4. The van der Waals surface area contributed by atoms with Crippen molar-refractivity contribution in [2.45, 2.75) is 18.3 Å². The number of ether oxygens (including phenoxy) is 1. The van der Waals surface area contributed by atoms with Crippen LogP contribution in [-0.4, -0.2) is 65.2 Å². The maximum Gasteiger partial charge on any atom is 0.302 e. The van der Waals surface area contributed by atoms with E-state index in [1.54, 1.807) is 11.4 Å². The van der Waals surface area contributed by atoms with Gasteiger partial charge in [0, 0.05) is 29.2 Å². The van der Waals surface area contributed by atoms with Crippen LogP contribution in [0.2, 0.25) is 0 Å². The van der Waals surface area contributed by atoms with E-state index >= 15 is 0 Å². The third-order valence-electron chi connectivity index (χ3n) is 4.27. The summed E-state index contributed by atoms with van der Waals surface area (Å²) in [6.07, 6.45) is 0. The molecular weight excluding hydrogens is 436 g/mol. The summed E-state index contributed by atoms with van der Waals surface area (Å²) in [7, 11) is 1.28. The summed E-state index contributed by atoms with van der Waals surface area (Å²) in [5, 5.41) is 19.3. The standard InChI is InChI=1S/C17H18N4O7S2/c1-7(22)28-4-9-6-30-16-12(15(24)21(16)13(9)17(25)26)19-14(23)11(20-27-2)8-3-10(18)29-5-8/h3,5,12,16H,4,6,18H2,1-2H3,(H,19,23)(H,25,26)/p-1/b20-11-/t12-,16-/m0/s1. The van der Waals surface area contributed by atoms with Gasteiger partial charge in [-0.05, 0) is 6.07 Å². The molecule has 3 rings (SSSR count). The summed E-state index contributed by atoms with van der Waals surface area (Å²) in [6, 6.07) is 0.579. The number of anilines is 1. The van der Waals surface area contributed by atoms with Crippen LogP contribution in [0.4, 0.5) is 5.00 Å². The van der Waals surface area contributed by atoms with Crippen LogP contribution in [0.25, 0.3) is 0 Å². The zero-order chi connectivity index (χ0) is 22.0. The van der Waals surface area contributed by atoms with Gasteiger partial charge in [0.15, 0.2) is 5.71 Å². The minimum Gasteiger partial charge on any atom is -0.543 e. The van der Waals surface area contributed by atoms with E-state index in [2.05, 4.69) is 10.5 Å². The van der Waals surface area contributed by atoms with Crippen LogP contribution in [0.1, 0.15) is 12.5 Å². The molecule has 0 unspecified atom stereocenters. The van der Waals surface area contributed by atoms with E-state index in [0.717, 1.165) is 4.90 Å². The molecule has 0 saturated carbocycles. The van der Waals surface area contributed by atoms with Gasteiger partial charge in [0.1, 0.15) is 25.1 Å². The maximum absolute atomic E-state index is 12.7. The number of amides is 2. The molecule has 11 nitrogen and oxygen atoms in total. The SMILES string of the molecule is CO/N=C(\C(=O)N[C@H]1C(=O)N2C(C(=O)[O-])=C(COC(C)=O)CS[C@@H]12)c1csc(N)c1. The Morgan fingerprint density at radius 1 is 1.43 bits per heavy atom. The number of rotatable bonds is 7. The third kappa shape index (κ3) is 4.11. The van der Waals surface area contributed by atoms with E-state index in [4.69, 9.17) is 15.3 Å². The van der Waals surface area contributed by atoms with Crippen LogP contribution in [-0.2, 0) is 28.8 Å². The number of esters is 1. The molecule has 1 aromatic rings. The topological polar surface area (TPSA) is 163 Å². The number of carbonyl (C=O) groups excluding carboxylic acids is 4. The van der Waals surface area contributed by atoms with E-state index in [9.17, 15) is 24.3 Å². The molecule has 1 aromatic heterocycles. The lowest BCUT2D eigenvalue weighted by Crippen LogP contribution is -2.71. The van der Waals surface area contributed by atoms with E-state index < -0.39 is 35.2 Å². The van der Waals surface area contributed by atoms with Gasteiger partial charge in [-0.1, -0.05) is 5.16 Å². The number of nitrogens with one attached hydrogen (secondary N) is 1. The van der Waals surface area contributed by atoms with Crippen molar-refractivity contribution in [1.82, 2.24) is 10.2 Å². The largest absolute Gasteiger partial charge is 0.543 e. The molecule has 0 aromatic carbocycles. The van der Waals surface area contributed by atoms with Gasteiger partial charge < -0.3 is 30.5 Å². The van der Waals surface area contributed by atoms with E-state index in [0.29, 0.717) is 10.6 Å². The summed E-state index contributed by atoms with van der Waals surface area (Å²) in [5.74, 6) is -3.24. The summed E-state index contributed by atoms with van der Waals surface area (Å²) in [6.45, 7) is 0.933. The van der Waals surface area contributed by atoms with Crippen LogP contribution in [0.5, 0.6) is 0 Å². The number of fused-ring (bicyclic) bond motifs is 1. The Balaban J connectivity index is 1.77. The van der Waals surface area contributed by atoms with Gasteiger partial charge in [0.25, 0.3) is 11.8 Å². The van der Waals surface area contributed by atoms with Crippen molar-refractivity contribution >= 4 is 57.6 Å². The van der Waals surface area contributed by atoms with Crippen molar-refractivity contribution in [2.75, 3.05) is 25.2 Å². The van der Waals surface area contributed by atoms with Crippen molar-refractivity contribution in [1.29, 1.82) is 0 Å². The van der Waals surface area contributed by atoms with Crippen molar-refractivity contribution < 1.29 is 33.9 Å². The second-order valence-electron chi connectivity index (χ2n) is 6.24. The normalized spacial score (nSPS) is 20.9. The smallest absolute Gasteiger partial charge is 0.302 e. The monoisotopic (exact) mass is 453 g/mol. The van der Waals surface area contributed by atoms with Gasteiger partial charge in [-0.25, -0.2) is 0 Å². The Morgan fingerprint density at radius 3 is 2.73 bits per heavy atom. The molecule has 0 spiro atoms. The summed E-state index contributed by atoms with van der Waals surface area (Å²) in [4.78, 5) is 53.7. The number of nitrogens with zero attached hydrogens (tertiary/aromatic N) is 2. The predicted molar refractivity (Wildman–Crippen MR) is 106 cm³/mol. The molecule has 3 heterocycles. The molecule has 0 aliphatic carbocycles. The maximum atomic E-state index is 12.7. The van der Waals surface area contributed by atoms with Gasteiger partial charge in [-0.3, -0.25) is 19.3 Å². The molecule has 30 heavy (non-hydrogen) atoms. The first-order chi connectivity index (χ1) is 14.2. The van der Waals surface area contributed by atoms with Gasteiger partial charge >= 0.3 is 5.97 Å². The van der Waals surface area contributed by atoms with E-state index in [1.807, 2.05) is 0 Å². The lowest BCUT2D eigenvalue weighted by Gasteiger charge is -2.50. The lowest BCUT2D eigenvalue weighted by atomic mass is 10.0. The molecule has 2 atom stereocenters. The first kappa shape index (κ1) is 21.6. The second kappa shape index (κ2) is 8.75. The molecule has 2 amide bonds. The number of β-lactam (4-membered cyclic amide) rings is 1. The van der Waals surface area contributed by atoms with Crippen LogP contribution < -0.4 is 16.2 Å². The second-order valence-corrected chi connectivity index (χ2v) is 8.29. The minimum atomic E-state index is -1.56. The molecule has 1 saturated heterocycles. The van der Waals surface area contributed by atoms with Crippen molar-refractivity contribution in [3.63, 3.8) is 0 Å². The molecular formula is C17H17N4O7S2-. The number of thioether (sulfide) groups is 1. The molecule has 3 N–H and O–H groups in total. The molecule has 2 aliphatic heterocycles. The molecule has 0 bridgehead atoms. The number of carboxylic acids is 1. The van der Waals surface area contributed by atoms with Crippen LogP contribution in [0.3, 0.4) is 0 Å². The number of carboxylic acid groups (broad SMARTS) is 1. The number of hydrogen-bond acceptors (Lipinski definition) is 11.